The number of aliphatic imine (C=N–C) groups is 1. The normalized spacial score (nSPS) is 20.9. The maximum atomic E-state index is 5.06. The number of thiazole rings is 1. The number of likely N-dealkylation sites (tertiary alicyclic amines) is 2. The fraction of sp³-hybridized carbons (Fsp3) is 0.810. The van der Waals surface area contributed by atoms with E-state index in [2.05, 4.69) is 51.7 Å². The van der Waals surface area contributed by atoms with E-state index in [1.807, 2.05) is 0 Å². The average Bonchev–Trinajstić information content (AvgIpc) is 3.13. The van der Waals surface area contributed by atoms with E-state index < -0.39 is 0 Å². The second-order valence-electron chi connectivity index (χ2n) is 8.31. The molecule has 2 aliphatic rings. The Hall–Kier alpha value is -0.450. The van der Waals surface area contributed by atoms with Crippen molar-refractivity contribution in [1.29, 1.82) is 0 Å². The highest BCUT2D eigenvalue weighted by atomic mass is 127. The molecule has 2 N–H and O–H groups in total. The minimum atomic E-state index is 0. The van der Waals surface area contributed by atoms with Gasteiger partial charge >= 0.3 is 0 Å². The van der Waals surface area contributed by atoms with Gasteiger partial charge in [0.25, 0.3) is 0 Å². The van der Waals surface area contributed by atoms with Crippen molar-refractivity contribution in [3.8, 4) is 0 Å². The van der Waals surface area contributed by atoms with E-state index in [1.165, 1.54) is 64.0 Å². The van der Waals surface area contributed by atoms with Crippen molar-refractivity contribution in [3.63, 3.8) is 0 Å². The van der Waals surface area contributed by atoms with Gasteiger partial charge in [-0.05, 0) is 72.8 Å². The molecule has 1 aromatic rings. The van der Waals surface area contributed by atoms with Gasteiger partial charge in [0.1, 0.15) is 0 Å². The van der Waals surface area contributed by atoms with Crippen LogP contribution in [-0.4, -0.2) is 79.1 Å². The maximum absolute atomic E-state index is 5.06. The number of hydrogen-bond acceptors (Lipinski definition) is 5. The highest BCUT2D eigenvalue weighted by Crippen LogP contribution is 2.31. The lowest BCUT2D eigenvalue weighted by atomic mass is 9.84. The molecule has 8 heteroatoms. The zero-order valence-electron chi connectivity index (χ0n) is 18.4. The van der Waals surface area contributed by atoms with Gasteiger partial charge in [0.2, 0.25) is 0 Å². The van der Waals surface area contributed by atoms with Gasteiger partial charge in [-0.25, -0.2) is 4.98 Å². The number of hydrogen-bond donors (Lipinski definition) is 2. The van der Waals surface area contributed by atoms with E-state index in [-0.39, 0.29) is 29.5 Å². The van der Waals surface area contributed by atoms with Crippen LogP contribution in [-0.2, 0) is 6.42 Å². The van der Waals surface area contributed by atoms with Gasteiger partial charge in [0.05, 0.1) is 17.2 Å². The lowest BCUT2D eigenvalue weighted by Crippen LogP contribution is -2.58. The molecule has 0 aromatic carbocycles. The van der Waals surface area contributed by atoms with Crippen LogP contribution in [0.1, 0.15) is 49.7 Å². The number of rotatable bonds is 7. The zero-order chi connectivity index (χ0) is 19.8. The summed E-state index contributed by atoms with van der Waals surface area (Å²) in [6.07, 6.45) is 7.46. The first-order valence-electron chi connectivity index (χ1n) is 11.0. The molecule has 3 heterocycles. The summed E-state index contributed by atoms with van der Waals surface area (Å²) in [5.74, 6) is 0.949. The molecule has 0 atom stereocenters. The van der Waals surface area contributed by atoms with Crippen molar-refractivity contribution in [2.24, 2.45) is 4.99 Å². The van der Waals surface area contributed by atoms with E-state index in [9.17, 15) is 0 Å². The molecule has 2 fully saturated rings. The Morgan fingerprint density at radius 1 is 1.17 bits per heavy atom. The van der Waals surface area contributed by atoms with E-state index in [0.717, 1.165) is 37.0 Å². The van der Waals surface area contributed by atoms with Crippen LogP contribution < -0.4 is 10.6 Å². The fourth-order valence-electron chi connectivity index (χ4n) is 4.38. The van der Waals surface area contributed by atoms with Crippen LogP contribution in [0.5, 0.6) is 0 Å². The quantitative estimate of drug-likeness (QED) is 0.320. The molecule has 0 unspecified atom stereocenters. The van der Waals surface area contributed by atoms with Crippen LogP contribution in [0.25, 0.3) is 0 Å². The number of nitrogens with one attached hydrogen (secondary N) is 2. The predicted octanol–water partition coefficient (Wildman–Crippen LogP) is 3.12. The van der Waals surface area contributed by atoms with Crippen molar-refractivity contribution in [3.05, 3.63) is 16.1 Å². The zero-order valence-corrected chi connectivity index (χ0v) is 21.5. The monoisotopic (exact) mass is 534 g/mol. The first-order valence-corrected chi connectivity index (χ1v) is 11.9. The molecule has 0 bridgehead atoms. The predicted molar refractivity (Wildman–Crippen MR) is 135 cm³/mol. The minimum Gasteiger partial charge on any atom is -0.357 e. The SMILES string of the molecule is CCNC(=NCC1(N2CCCCC2)CCN(C)CC1)NCCc1csc(C)n1.I. The molecule has 0 spiro atoms. The summed E-state index contributed by atoms with van der Waals surface area (Å²) < 4.78 is 0. The Labute approximate surface area is 198 Å². The van der Waals surface area contributed by atoms with Gasteiger partial charge < -0.3 is 15.5 Å². The summed E-state index contributed by atoms with van der Waals surface area (Å²) in [6, 6.07) is 0. The molecule has 29 heavy (non-hydrogen) atoms. The maximum Gasteiger partial charge on any atom is 0.191 e. The molecule has 0 saturated carbocycles. The third-order valence-electron chi connectivity index (χ3n) is 6.16. The van der Waals surface area contributed by atoms with Crippen molar-refractivity contribution in [2.75, 3.05) is 52.9 Å². The van der Waals surface area contributed by atoms with E-state index >= 15 is 0 Å². The molecule has 6 nitrogen and oxygen atoms in total. The van der Waals surface area contributed by atoms with Crippen molar-refractivity contribution >= 4 is 41.3 Å². The Bertz CT molecular complexity index is 620. The Morgan fingerprint density at radius 2 is 1.90 bits per heavy atom. The number of aryl methyl sites for hydroxylation is 1. The van der Waals surface area contributed by atoms with E-state index in [1.54, 1.807) is 11.3 Å². The van der Waals surface area contributed by atoms with E-state index in [0.29, 0.717) is 0 Å². The number of guanidine groups is 1. The van der Waals surface area contributed by atoms with Gasteiger partial charge in [-0.2, -0.15) is 0 Å². The van der Waals surface area contributed by atoms with Crippen molar-refractivity contribution in [2.45, 2.75) is 57.9 Å². The number of aromatic nitrogens is 1. The van der Waals surface area contributed by atoms with Crippen LogP contribution in [0.4, 0.5) is 0 Å². The molecule has 0 radical (unpaired) electrons. The minimum absolute atomic E-state index is 0. The van der Waals surface area contributed by atoms with Gasteiger partial charge in [-0.1, -0.05) is 6.42 Å². The lowest BCUT2D eigenvalue weighted by Gasteiger charge is -2.49. The molecule has 0 aliphatic carbocycles. The fourth-order valence-corrected chi connectivity index (χ4v) is 5.02. The van der Waals surface area contributed by atoms with Crippen LogP contribution in [0.15, 0.2) is 10.4 Å². The van der Waals surface area contributed by atoms with Crippen molar-refractivity contribution in [1.82, 2.24) is 25.4 Å². The third kappa shape index (κ3) is 7.33. The number of halogens is 1. The summed E-state index contributed by atoms with van der Waals surface area (Å²) in [5.41, 5.74) is 1.41. The van der Waals surface area contributed by atoms with Crippen LogP contribution >= 0.6 is 35.3 Å². The molecule has 1 aromatic heterocycles. The second-order valence-corrected chi connectivity index (χ2v) is 9.37. The standard InChI is InChI=1S/C21H38N6S.HI/c1-4-22-20(23-11-8-19-16-28-18(2)25-19)24-17-21(9-14-26(3)15-10-21)27-12-6-5-7-13-27;/h16H,4-15,17H2,1-3H3,(H2,22,23,24);1H. The van der Waals surface area contributed by atoms with Crippen LogP contribution in [0, 0.1) is 6.92 Å². The molecule has 166 valence electrons. The first kappa shape index (κ1) is 24.8. The third-order valence-corrected chi connectivity index (χ3v) is 6.98. The molecule has 0 amide bonds. The van der Waals surface area contributed by atoms with Crippen LogP contribution in [0.2, 0.25) is 0 Å². The Kier molecular flexibility index (Phi) is 10.6. The summed E-state index contributed by atoms with van der Waals surface area (Å²) in [4.78, 5) is 14.8. The lowest BCUT2D eigenvalue weighted by molar-refractivity contribution is 0.0208. The van der Waals surface area contributed by atoms with Gasteiger partial charge in [-0.15, -0.1) is 35.3 Å². The van der Waals surface area contributed by atoms with Crippen molar-refractivity contribution < 1.29 is 0 Å². The molecule has 3 rings (SSSR count). The summed E-state index contributed by atoms with van der Waals surface area (Å²) in [7, 11) is 2.25. The highest BCUT2D eigenvalue weighted by molar-refractivity contribution is 14.0. The number of nitrogens with zero attached hydrogens (tertiary/aromatic N) is 4. The summed E-state index contributed by atoms with van der Waals surface area (Å²) in [6.45, 7) is 11.7. The smallest absolute Gasteiger partial charge is 0.191 e. The van der Waals surface area contributed by atoms with Gasteiger partial charge in [-0.3, -0.25) is 9.89 Å². The van der Waals surface area contributed by atoms with E-state index in [4.69, 9.17) is 4.99 Å². The summed E-state index contributed by atoms with van der Waals surface area (Å²) >= 11 is 1.72. The topological polar surface area (TPSA) is 55.8 Å². The molecular formula is C21H39IN6S. The molecule has 2 saturated heterocycles. The van der Waals surface area contributed by atoms with Gasteiger partial charge in [0.15, 0.2) is 5.96 Å². The Balaban J connectivity index is 0.00000300. The molecule has 2 aliphatic heterocycles. The van der Waals surface area contributed by atoms with Crippen LogP contribution in [0.3, 0.4) is 0 Å². The first-order chi connectivity index (χ1) is 13.6. The average molecular weight is 535 g/mol. The molecular weight excluding hydrogens is 495 g/mol. The Morgan fingerprint density at radius 3 is 2.52 bits per heavy atom. The number of piperidine rings is 2. The summed E-state index contributed by atoms with van der Waals surface area (Å²) in [5, 5.41) is 10.3. The highest BCUT2D eigenvalue weighted by Gasteiger charge is 2.39. The second kappa shape index (κ2) is 12.4. The van der Waals surface area contributed by atoms with Gasteiger partial charge in [0, 0.05) is 30.4 Å². The largest absolute Gasteiger partial charge is 0.357 e.